The lowest BCUT2D eigenvalue weighted by Gasteiger charge is -2.38. The lowest BCUT2D eigenvalue weighted by molar-refractivity contribution is -0.131. The molecule has 0 aliphatic carbocycles. The van der Waals surface area contributed by atoms with Crippen molar-refractivity contribution in [3.05, 3.63) is 43.1 Å². The molecule has 0 unspecified atom stereocenters. The van der Waals surface area contributed by atoms with Gasteiger partial charge in [0.25, 0.3) is 0 Å². The molecular weight excluding hydrogens is 280 g/mol. The number of carbonyl (C=O) groups is 1. The average molecular weight is 298 g/mol. The molecule has 1 aliphatic heterocycles. The van der Waals surface area contributed by atoms with Crippen LogP contribution in [0.2, 0.25) is 0 Å². The van der Waals surface area contributed by atoms with Crippen LogP contribution in [-0.2, 0) is 4.79 Å². The summed E-state index contributed by atoms with van der Waals surface area (Å²) < 4.78 is 7.24. The van der Waals surface area contributed by atoms with E-state index >= 15 is 0 Å². The number of aromatic nitrogens is 3. The van der Waals surface area contributed by atoms with Crippen LogP contribution in [0.4, 0.5) is 0 Å². The molecule has 3 rings (SSSR count). The molecule has 2 heterocycles. The van der Waals surface area contributed by atoms with Crippen LogP contribution in [0.3, 0.4) is 0 Å². The van der Waals surface area contributed by atoms with E-state index in [2.05, 4.69) is 16.9 Å². The Hall–Kier alpha value is -2.63. The monoisotopic (exact) mass is 298 g/mol. The summed E-state index contributed by atoms with van der Waals surface area (Å²) in [7, 11) is 0. The van der Waals surface area contributed by atoms with Crippen molar-refractivity contribution < 1.29 is 9.53 Å². The molecule has 0 atom stereocenters. The molecule has 0 saturated carbocycles. The highest BCUT2D eigenvalue weighted by molar-refractivity contribution is 5.87. The first-order chi connectivity index (χ1) is 10.7. The van der Waals surface area contributed by atoms with E-state index < -0.39 is 0 Å². The van der Waals surface area contributed by atoms with E-state index in [1.165, 1.54) is 6.08 Å². The Morgan fingerprint density at radius 1 is 1.41 bits per heavy atom. The second kappa shape index (κ2) is 6.01. The van der Waals surface area contributed by atoms with Crippen LogP contribution >= 0.6 is 0 Å². The average Bonchev–Trinajstić information content (AvgIpc) is 2.96. The Kier molecular flexibility index (Phi) is 3.91. The van der Waals surface area contributed by atoms with Crippen LogP contribution in [0, 0.1) is 0 Å². The van der Waals surface area contributed by atoms with Crippen molar-refractivity contribution in [2.45, 2.75) is 13.0 Å². The van der Waals surface area contributed by atoms with Gasteiger partial charge >= 0.3 is 0 Å². The molecule has 2 aromatic rings. The molecule has 114 valence electrons. The van der Waals surface area contributed by atoms with Crippen molar-refractivity contribution in [3.63, 3.8) is 0 Å². The number of likely N-dealkylation sites (tertiary alicyclic amines) is 1. The van der Waals surface area contributed by atoms with E-state index in [1.54, 1.807) is 4.90 Å². The summed E-state index contributed by atoms with van der Waals surface area (Å²) in [5.41, 5.74) is 1.81. The lowest BCUT2D eigenvalue weighted by atomic mass is 10.1. The van der Waals surface area contributed by atoms with Crippen molar-refractivity contribution in [1.82, 2.24) is 19.9 Å². The number of amides is 1. The van der Waals surface area contributed by atoms with Crippen LogP contribution < -0.4 is 4.74 Å². The summed E-state index contributed by atoms with van der Waals surface area (Å²) in [5.74, 6) is 0.805. The number of benzene rings is 1. The van der Waals surface area contributed by atoms with Crippen molar-refractivity contribution >= 4 is 5.91 Å². The van der Waals surface area contributed by atoms with Gasteiger partial charge in [-0.2, -0.15) is 0 Å². The lowest BCUT2D eigenvalue weighted by Crippen LogP contribution is -2.50. The number of nitrogens with zero attached hydrogens (tertiary/aromatic N) is 4. The molecule has 6 nitrogen and oxygen atoms in total. The Balaban J connectivity index is 1.67. The maximum atomic E-state index is 11.4. The van der Waals surface area contributed by atoms with Gasteiger partial charge in [-0.3, -0.25) is 4.79 Å². The van der Waals surface area contributed by atoms with Gasteiger partial charge in [-0.05, 0) is 37.3 Å². The number of hydrogen-bond acceptors (Lipinski definition) is 4. The first kappa shape index (κ1) is 14.3. The van der Waals surface area contributed by atoms with Crippen molar-refractivity contribution in [1.29, 1.82) is 0 Å². The fourth-order valence-electron chi connectivity index (χ4n) is 2.41. The van der Waals surface area contributed by atoms with Crippen molar-refractivity contribution in [3.8, 4) is 17.0 Å². The second-order valence-electron chi connectivity index (χ2n) is 5.14. The van der Waals surface area contributed by atoms with Gasteiger partial charge in [-0.15, -0.1) is 5.10 Å². The third-order valence-electron chi connectivity index (χ3n) is 3.69. The normalized spacial score (nSPS) is 14.5. The van der Waals surface area contributed by atoms with Crippen LogP contribution in [0.15, 0.2) is 43.1 Å². The number of hydrogen-bond donors (Lipinski definition) is 0. The fourth-order valence-corrected chi connectivity index (χ4v) is 2.41. The highest BCUT2D eigenvalue weighted by Crippen LogP contribution is 2.24. The summed E-state index contributed by atoms with van der Waals surface area (Å²) in [6.45, 7) is 7.40. The maximum Gasteiger partial charge on any atom is 0.246 e. The summed E-state index contributed by atoms with van der Waals surface area (Å²) >= 11 is 0. The molecule has 1 amide bonds. The number of rotatable bonds is 5. The molecule has 0 N–H and O–H groups in total. The largest absolute Gasteiger partial charge is 0.494 e. The zero-order valence-corrected chi connectivity index (χ0v) is 12.5. The Labute approximate surface area is 129 Å². The highest BCUT2D eigenvalue weighted by atomic mass is 16.5. The van der Waals surface area contributed by atoms with Crippen molar-refractivity contribution in [2.24, 2.45) is 0 Å². The standard InChI is InChI=1S/C16H18N4O2/c1-3-16(21)19-9-13(10-19)20-11-15(17-18-20)12-5-7-14(8-6-12)22-4-2/h3,5-8,11,13H,1,4,9-10H2,2H3. The molecule has 0 radical (unpaired) electrons. The van der Waals surface area contributed by atoms with Gasteiger partial charge in [0.1, 0.15) is 11.4 Å². The maximum absolute atomic E-state index is 11.4. The number of ether oxygens (including phenoxy) is 1. The zero-order valence-electron chi connectivity index (χ0n) is 12.5. The predicted octanol–water partition coefficient (Wildman–Crippen LogP) is 1.91. The minimum Gasteiger partial charge on any atom is -0.494 e. The summed E-state index contributed by atoms with van der Waals surface area (Å²) in [5, 5.41) is 8.37. The van der Waals surface area contributed by atoms with Crippen LogP contribution in [0.1, 0.15) is 13.0 Å². The van der Waals surface area contributed by atoms with Gasteiger partial charge in [-0.25, -0.2) is 4.68 Å². The molecule has 0 spiro atoms. The summed E-state index contributed by atoms with van der Waals surface area (Å²) in [4.78, 5) is 13.2. The molecular formula is C16H18N4O2. The van der Waals surface area contributed by atoms with E-state index in [0.29, 0.717) is 19.7 Å². The fraction of sp³-hybridized carbons (Fsp3) is 0.312. The molecule has 22 heavy (non-hydrogen) atoms. The highest BCUT2D eigenvalue weighted by Gasteiger charge is 2.31. The summed E-state index contributed by atoms with van der Waals surface area (Å²) in [6.07, 6.45) is 3.25. The number of carbonyl (C=O) groups excluding carboxylic acids is 1. The van der Waals surface area contributed by atoms with Gasteiger partial charge < -0.3 is 9.64 Å². The van der Waals surface area contributed by atoms with Crippen LogP contribution in [-0.4, -0.2) is 45.5 Å². The quantitative estimate of drug-likeness (QED) is 0.791. The minimum absolute atomic E-state index is 0.0388. The van der Waals surface area contributed by atoms with Crippen LogP contribution in [0.5, 0.6) is 5.75 Å². The minimum atomic E-state index is -0.0388. The molecule has 1 aromatic heterocycles. The molecule has 6 heteroatoms. The van der Waals surface area contributed by atoms with Crippen LogP contribution in [0.25, 0.3) is 11.3 Å². The Morgan fingerprint density at radius 2 is 2.14 bits per heavy atom. The molecule has 1 saturated heterocycles. The Bertz CT molecular complexity index is 672. The predicted molar refractivity (Wildman–Crippen MR) is 82.4 cm³/mol. The third-order valence-corrected chi connectivity index (χ3v) is 3.69. The van der Waals surface area contributed by atoms with Gasteiger partial charge in [0.2, 0.25) is 5.91 Å². The molecule has 1 aromatic carbocycles. The summed E-state index contributed by atoms with van der Waals surface area (Å²) in [6, 6.07) is 7.96. The third kappa shape index (κ3) is 2.72. The SMILES string of the molecule is C=CC(=O)N1CC(n2cc(-c3ccc(OCC)cc3)nn2)C1. The van der Waals surface area contributed by atoms with E-state index in [-0.39, 0.29) is 11.9 Å². The van der Waals surface area contributed by atoms with E-state index in [0.717, 1.165) is 17.0 Å². The molecule has 1 aliphatic rings. The molecule has 0 bridgehead atoms. The molecule has 1 fully saturated rings. The first-order valence-electron chi connectivity index (χ1n) is 7.27. The second-order valence-corrected chi connectivity index (χ2v) is 5.14. The van der Waals surface area contributed by atoms with E-state index in [1.807, 2.05) is 42.1 Å². The van der Waals surface area contributed by atoms with E-state index in [4.69, 9.17) is 4.74 Å². The zero-order chi connectivity index (χ0) is 15.5. The van der Waals surface area contributed by atoms with Gasteiger partial charge in [-0.1, -0.05) is 11.8 Å². The van der Waals surface area contributed by atoms with E-state index in [9.17, 15) is 4.79 Å². The first-order valence-corrected chi connectivity index (χ1v) is 7.27. The topological polar surface area (TPSA) is 60.2 Å². The van der Waals surface area contributed by atoms with Crippen molar-refractivity contribution in [2.75, 3.05) is 19.7 Å². The van der Waals surface area contributed by atoms with Gasteiger partial charge in [0.05, 0.1) is 18.8 Å². The Morgan fingerprint density at radius 3 is 2.77 bits per heavy atom. The van der Waals surface area contributed by atoms with Gasteiger partial charge in [0, 0.05) is 18.7 Å². The smallest absolute Gasteiger partial charge is 0.246 e. The van der Waals surface area contributed by atoms with Gasteiger partial charge in [0.15, 0.2) is 0 Å².